The molecule has 30 heavy (non-hydrogen) atoms. The summed E-state index contributed by atoms with van der Waals surface area (Å²) in [7, 11) is 1.66. The number of methoxy groups -OCH3 is 1. The smallest absolute Gasteiger partial charge is 0.401 e. The molecule has 0 spiro atoms. The number of guanidine groups is 1. The van der Waals surface area contributed by atoms with Gasteiger partial charge in [-0.3, -0.25) is 9.89 Å². The van der Waals surface area contributed by atoms with Crippen molar-refractivity contribution in [3.8, 4) is 5.75 Å². The second kappa shape index (κ2) is 10.2. The Bertz CT molecular complexity index is 687. The zero-order valence-corrected chi connectivity index (χ0v) is 17.8. The van der Waals surface area contributed by atoms with Crippen LogP contribution in [0.2, 0.25) is 0 Å². The topological polar surface area (TPSA) is 43.3 Å². The van der Waals surface area contributed by atoms with Gasteiger partial charge < -0.3 is 19.9 Å². The fourth-order valence-electron chi connectivity index (χ4n) is 4.07. The van der Waals surface area contributed by atoms with Gasteiger partial charge in [0.2, 0.25) is 0 Å². The molecule has 2 heterocycles. The van der Waals surface area contributed by atoms with Crippen LogP contribution in [-0.4, -0.2) is 87.9 Å². The van der Waals surface area contributed by atoms with Gasteiger partial charge in [0, 0.05) is 51.5 Å². The van der Waals surface area contributed by atoms with E-state index < -0.39 is 12.7 Å². The number of rotatable bonds is 6. The minimum atomic E-state index is -4.13. The average Bonchev–Trinajstić information content (AvgIpc) is 3.17. The van der Waals surface area contributed by atoms with E-state index in [2.05, 4.69) is 27.2 Å². The van der Waals surface area contributed by atoms with Crippen molar-refractivity contribution in [3.63, 3.8) is 0 Å². The monoisotopic (exact) mass is 427 g/mol. The summed E-state index contributed by atoms with van der Waals surface area (Å²) in [5, 5.41) is 3.34. The van der Waals surface area contributed by atoms with E-state index in [4.69, 9.17) is 9.73 Å². The first-order valence-corrected chi connectivity index (χ1v) is 10.6. The molecule has 1 N–H and O–H groups in total. The molecule has 2 aliphatic rings. The van der Waals surface area contributed by atoms with E-state index in [1.807, 2.05) is 19.1 Å². The van der Waals surface area contributed by atoms with Gasteiger partial charge in [0.05, 0.1) is 13.7 Å². The lowest BCUT2D eigenvalue weighted by molar-refractivity contribution is -0.143. The van der Waals surface area contributed by atoms with Crippen molar-refractivity contribution in [3.05, 3.63) is 24.3 Å². The first-order valence-electron chi connectivity index (χ1n) is 10.6. The molecule has 3 rings (SSSR count). The van der Waals surface area contributed by atoms with Gasteiger partial charge in [-0.2, -0.15) is 13.2 Å². The number of halogens is 3. The van der Waals surface area contributed by atoms with Crippen LogP contribution in [0.15, 0.2) is 29.3 Å². The molecule has 0 aliphatic carbocycles. The fourth-order valence-corrected chi connectivity index (χ4v) is 4.07. The van der Waals surface area contributed by atoms with Gasteiger partial charge in [-0.15, -0.1) is 0 Å². The number of piperazine rings is 1. The zero-order valence-electron chi connectivity index (χ0n) is 17.8. The molecular weight excluding hydrogens is 395 g/mol. The van der Waals surface area contributed by atoms with E-state index in [1.165, 1.54) is 10.6 Å². The molecule has 1 atom stereocenters. The van der Waals surface area contributed by atoms with Crippen LogP contribution in [0.25, 0.3) is 0 Å². The Labute approximate surface area is 176 Å². The molecule has 2 saturated heterocycles. The van der Waals surface area contributed by atoms with Crippen LogP contribution in [0, 0.1) is 5.92 Å². The predicted molar refractivity (Wildman–Crippen MR) is 113 cm³/mol. The molecular formula is C21H32F3N5O. The summed E-state index contributed by atoms with van der Waals surface area (Å²) in [5.74, 6) is 1.89. The highest BCUT2D eigenvalue weighted by Crippen LogP contribution is 2.23. The normalized spacial score (nSPS) is 21.2. The number of benzene rings is 1. The van der Waals surface area contributed by atoms with Crippen LogP contribution >= 0.6 is 0 Å². The van der Waals surface area contributed by atoms with E-state index in [-0.39, 0.29) is 5.92 Å². The van der Waals surface area contributed by atoms with Gasteiger partial charge in [0.25, 0.3) is 0 Å². The number of nitrogens with one attached hydrogen (secondary N) is 1. The Morgan fingerprint density at radius 3 is 2.43 bits per heavy atom. The average molecular weight is 428 g/mol. The van der Waals surface area contributed by atoms with Gasteiger partial charge >= 0.3 is 6.18 Å². The number of anilines is 1. The van der Waals surface area contributed by atoms with Gasteiger partial charge in [-0.1, -0.05) is 0 Å². The molecule has 0 bridgehead atoms. The Hall–Kier alpha value is -2.16. The van der Waals surface area contributed by atoms with Gasteiger partial charge in [-0.25, -0.2) is 0 Å². The second-order valence-corrected chi connectivity index (χ2v) is 7.87. The van der Waals surface area contributed by atoms with Crippen molar-refractivity contribution in [1.29, 1.82) is 0 Å². The lowest BCUT2D eigenvalue weighted by Gasteiger charge is -2.37. The molecule has 1 aromatic carbocycles. The second-order valence-electron chi connectivity index (χ2n) is 7.87. The lowest BCUT2D eigenvalue weighted by Crippen LogP contribution is -2.52. The number of aliphatic imine (C=N–C) groups is 1. The molecule has 2 aliphatic heterocycles. The Morgan fingerprint density at radius 1 is 1.13 bits per heavy atom. The number of ether oxygens (including phenoxy) is 1. The third-order valence-electron chi connectivity index (χ3n) is 5.62. The summed E-state index contributed by atoms with van der Waals surface area (Å²) in [6, 6.07) is 8.08. The summed E-state index contributed by atoms with van der Waals surface area (Å²) in [6.07, 6.45) is -3.36. The maximum absolute atomic E-state index is 12.6. The third-order valence-corrected chi connectivity index (χ3v) is 5.62. The van der Waals surface area contributed by atoms with Crippen molar-refractivity contribution in [2.45, 2.75) is 19.5 Å². The molecule has 0 amide bonds. The highest BCUT2D eigenvalue weighted by atomic mass is 19.4. The fraction of sp³-hybridized carbons (Fsp3) is 0.667. The SMILES string of the molecule is CCNC(=NCC1CCN(CC(F)(F)F)C1)N1CCN(c2ccc(OC)cc2)CC1. The van der Waals surface area contributed by atoms with E-state index >= 15 is 0 Å². The number of alkyl halides is 3. The Morgan fingerprint density at radius 2 is 1.83 bits per heavy atom. The molecule has 0 saturated carbocycles. The van der Waals surface area contributed by atoms with E-state index in [9.17, 15) is 13.2 Å². The quantitative estimate of drug-likeness (QED) is 0.559. The van der Waals surface area contributed by atoms with E-state index in [0.717, 1.165) is 50.9 Å². The van der Waals surface area contributed by atoms with Crippen molar-refractivity contribution >= 4 is 11.6 Å². The van der Waals surface area contributed by atoms with Crippen LogP contribution in [0.1, 0.15) is 13.3 Å². The van der Waals surface area contributed by atoms with E-state index in [1.54, 1.807) is 7.11 Å². The first kappa shape index (κ1) is 22.5. The first-order chi connectivity index (χ1) is 14.4. The third kappa shape index (κ3) is 6.42. The molecule has 0 radical (unpaired) electrons. The largest absolute Gasteiger partial charge is 0.497 e. The number of nitrogens with zero attached hydrogens (tertiary/aromatic N) is 4. The zero-order chi connectivity index (χ0) is 21.6. The van der Waals surface area contributed by atoms with Crippen LogP contribution in [-0.2, 0) is 0 Å². The molecule has 9 heteroatoms. The van der Waals surface area contributed by atoms with Gasteiger partial charge in [0.15, 0.2) is 5.96 Å². The molecule has 2 fully saturated rings. The maximum atomic E-state index is 12.6. The van der Waals surface area contributed by atoms with E-state index in [0.29, 0.717) is 19.6 Å². The molecule has 1 aromatic rings. The summed E-state index contributed by atoms with van der Waals surface area (Å²) >= 11 is 0. The van der Waals surface area contributed by atoms with Crippen molar-refractivity contribution in [2.24, 2.45) is 10.9 Å². The Kier molecular flexibility index (Phi) is 7.69. The summed E-state index contributed by atoms with van der Waals surface area (Å²) in [5.41, 5.74) is 1.17. The van der Waals surface area contributed by atoms with Crippen LogP contribution in [0.5, 0.6) is 5.75 Å². The summed E-state index contributed by atoms with van der Waals surface area (Å²) < 4.78 is 43.0. The molecule has 6 nitrogen and oxygen atoms in total. The van der Waals surface area contributed by atoms with Crippen molar-refractivity contribution in [1.82, 2.24) is 15.1 Å². The standard InChI is InChI=1S/C21H32F3N5O/c1-3-25-20(26-14-17-8-9-27(15-17)16-21(22,23)24)29-12-10-28(11-13-29)18-4-6-19(30-2)7-5-18/h4-7,17H,3,8-16H2,1-2H3,(H,25,26). The number of hydrogen-bond acceptors (Lipinski definition) is 4. The molecule has 0 aromatic heterocycles. The molecule has 168 valence electrons. The number of likely N-dealkylation sites (tertiary alicyclic amines) is 1. The minimum absolute atomic E-state index is 0.182. The minimum Gasteiger partial charge on any atom is -0.497 e. The Balaban J connectivity index is 1.51. The van der Waals surface area contributed by atoms with Crippen molar-refractivity contribution < 1.29 is 17.9 Å². The van der Waals surface area contributed by atoms with Crippen LogP contribution < -0.4 is 15.0 Å². The van der Waals surface area contributed by atoms with Crippen LogP contribution in [0.3, 0.4) is 0 Å². The van der Waals surface area contributed by atoms with Crippen molar-refractivity contribution in [2.75, 3.05) is 70.9 Å². The van der Waals surface area contributed by atoms with Gasteiger partial charge in [-0.05, 0) is 50.1 Å². The summed E-state index contributed by atoms with van der Waals surface area (Å²) in [6.45, 7) is 6.98. The predicted octanol–water partition coefficient (Wildman–Crippen LogP) is 2.67. The van der Waals surface area contributed by atoms with Crippen LogP contribution in [0.4, 0.5) is 18.9 Å². The lowest BCUT2D eigenvalue weighted by atomic mass is 10.1. The maximum Gasteiger partial charge on any atom is 0.401 e. The highest BCUT2D eigenvalue weighted by molar-refractivity contribution is 5.80. The summed E-state index contributed by atoms with van der Waals surface area (Å²) in [4.78, 5) is 10.8. The van der Waals surface area contributed by atoms with Gasteiger partial charge in [0.1, 0.15) is 5.75 Å². The highest BCUT2D eigenvalue weighted by Gasteiger charge is 2.34. The molecule has 1 unspecified atom stereocenters. The number of hydrogen-bond donors (Lipinski definition) is 1.